The molecule has 3 rings (SSSR count). The van der Waals surface area contributed by atoms with E-state index in [2.05, 4.69) is 5.32 Å². The molecule has 1 aromatic carbocycles. The van der Waals surface area contributed by atoms with Crippen LogP contribution in [0.3, 0.4) is 0 Å². The standard InChI is InChI=1S/C21H30N2O7S2/c1-16(21(25)22-18-11-14-31(26,27)15-18)30-20(24)10-7-17-5-8-19(9-6-17)32(28,29)23-12-3-2-4-13-23/h5-6,8-9,16,18H,2-4,7,10-15H2,1H3,(H,22,25)/t16-,18+/m1/s1. The number of aryl methyl sites for hydroxylation is 1. The van der Waals surface area contributed by atoms with Crippen LogP contribution in [0.5, 0.6) is 0 Å². The van der Waals surface area contributed by atoms with E-state index in [0.29, 0.717) is 25.9 Å². The van der Waals surface area contributed by atoms with Gasteiger partial charge in [-0.15, -0.1) is 0 Å². The number of nitrogens with zero attached hydrogens (tertiary/aromatic N) is 1. The lowest BCUT2D eigenvalue weighted by Gasteiger charge is -2.25. The number of carbonyl (C=O) groups excluding carboxylic acids is 2. The van der Waals surface area contributed by atoms with E-state index < -0.39 is 43.9 Å². The molecule has 1 N–H and O–H groups in total. The van der Waals surface area contributed by atoms with Crippen LogP contribution in [0.2, 0.25) is 0 Å². The molecule has 1 aromatic rings. The van der Waals surface area contributed by atoms with E-state index in [-0.39, 0.29) is 22.8 Å². The Hall–Kier alpha value is -1.98. The molecule has 32 heavy (non-hydrogen) atoms. The molecule has 2 atom stereocenters. The highest BCUT2D eigenvalue weighted by Crippen LogP contribution is 2.21. The number of carbonyl (C=O) groups is 2. The van der Waals surface area contributed by atoms with Crippen molar-refractivity contribution in [2.24, 2.45) is 0 Å². The van der Waals surface area contributed by atoms with Crippen molar-refractivity contribution in [3.63, 3.8) is 0 Å². The zero-order chi connectivity index (χ0) is 23.4. The van der Waals surface area contributed by atoms with Gasteiger partial charge in [0.2, 0.25) is 10.0 Å². The van der Waals surface area contributed by atoms with Crippen molar-refractivity contribution in [3.05, 3.63) is 29.8 Å². The average Bonchev–Trinajstić information content (AvgIpc) is 3.11. The molecule has 2 aliphatic heterocycles. The Bertz CT molecular complexity index is 1030. The molecular weight excluding hydrogens is 456 g/mol. The minimum atomic E-state index is -3.49. The van der Waals surface area contributed by atoms with Gasteiger partial charge in [-0.25, -0.2) is 16.8 Å². The molecule has 2 fully saturated rings. The first-order valence-corrected chi connectivity index (χ1v) is 14.1. The predicted octanol–water partition coefficient (Wildman–Crippen LogP) is 1.03. The number of benzene rings is 1. The molecule has 0 bridgehead atoms. The number of nitrogens with one attached hydrogen (secondary N) is 1. The normalized spacial score (nSPS) is 22.2. The Kier molecular flexibility index (Phi) is 7.94. The fourth-order valence-electron chi connectivity index (χ4n) is 3.87. The van der Waals surface area contributed by atoms with Gasteiger partial charge in [0.1, 0.15) is 0 Å². The molecule has 1 amide bonds. The van der Waals surface area contributed by atoms with Crippen molar-refractivity contribution in [1.29, 1.82) is 0 Å². The van der Waals surface area contributed by atoms with Crippen molar-refractivity contribution < 1.29 is 31.2 Å². The van der Waals surface area contributed by atoms with Crippen LogP contribution in [0.1, 0.15) is 44.6 Å². The van der Waals surface area contributed by atoms with E-state index in [9.17, 15) is 26.4 Å². The van der Waals surface area contributed by atoms with Crippen molar-refractivity contribution in [2.75, 3.05) is 24.6 Å². The Labute approximate surface area is 189 Å². The number of ether oxygens (including phenoxy) is 1. The Morgan fingerprint density at radius 1 is 1.16 bits per heavy atom. The summed E-state index contributed by atoms with van der Waals surface area (Å²) in [4.78, 5) is 24.5. The lowest BCUT2D eigenvalue weighted by molar-refractivity contribution is -0.155. The maximum Gasteiger partial charge on any atom is 0.306 e. The first kappa shape index (κ1) is 24.7. The first-order valence-electron chi connectivity index (χ1n) is 10.9. The van der Waals surface area contributed by atoms with Crippen molar-refractivity contribution in [1.82, 2.24) is 9.62 Å². The zero-order valence-corrected chi connectivity index (χ0v) is 19.8. The molecule has 178 valence electrons. The quantitative estimate of drug-likeness (QED) is 0.544. The van der Waals surface area contributed by atoms with E-state index >= 15 is 0 Å². The van der Waals surface area contributed by atoms with Gasteiger partial charge in [-0.3, -0.25) is 9.59 Å². The summed E-state index contributed by atoms with van der Waals surface area (Å²) in [6.07, 6.45) is 2.50. The van der Waals surface area contributed by atoms with E-state index in [4.69, 9.17) is 4.74 Å². The Morgan fingerprint density at radius 2 is 1.81 bits per heavy atom. The minimum absolute atomic E-state index is 0.0354. The van der Waals surface area contributed by atoms with Gasteiger partial charge in [0.05, 0.1) is 16.4 Å². The number of hydrogen-bond donors (Lipinski definition) is 1. The largest absolute Gasteiger partial charge is 0.453 e. The van der Waals surface area contributed by atoms with E-state index in [1.165, 1.54) is 11.2 Å². The summed E-state index contributed by atoms with van der Waals surface area (Å²) in [5.74, 6) is -1.13. The highest BCUT2D eigenvalue weighted by Gasteiger charge is 2.31. The number of sulfone groups is 1. The van der Waals surface area contributed by atoms with Crippen LogP contribution in [0, 0.1) is 0 Å². The molecule has 0 aromatic heterocycles. The summed E-state index contributed by atoms with van der Waals surface area (Å²) in [5.41, 5.74) is 0.785. The number of esters is 1. The van der Waals surface area contributed by atoms with Gasteiger partial charge in [0.25, 0.3) is 5.91 Å². The second-order valence-electron chi connectivity index (χ2n) is 8.35. The summed E-state index contributed by atoms with van der Waals surface area (Å²) in [5, 5.41) is 2.60. The third-order valence-electron chi connectivity index (χ3n) is 5.75. The smallest absolute Gasteiger partial charge is 0.306 e. The SMILES string of the molecule is C[C@@H](OC(=O)CCc1ccc(S(=O)(=O)N2CCCCC2)cc1)C(=O)N[C@H]1CCS(=O)(=O)C1. The van der Waals surface area contributed by atoms with Gasteiger partial charge in [-0.05, 0) is 50.3 Å². The highest BCUT2D eigenvalue weighted by atomic mass is 32.2. The number of hydrogen-bond acceptors (Lipinski definition) is 7. The summed E-state index contributed by atoms with van der Waals surface area (Å²) < 4.78 is 55.0. The van der Waals surface area contributed by atoms with Gasteiger partial charge in [-0.1, -0.05) is 18.6 Å². The lowest BCUT2D eigenvalue weighted by Crippen LogP contribution is -2.42. The second kappa shape index (κ2) is 10.3. The molecule has 2 saturated heterocycles. The van der Waals surface area contributed by atoms with Gasteiger partial charge >= 0.3 is 5.97 Å². The molecule has 9 nitrogen and oxygen atoms in total. The van der Waals surface area contributed by atoms with Crippen LogP contribution >= 0.6 is 0 Å². The van der Waals surface area contributed by atoms with Crippen LogP contribution in [0.25, 0.3) is 0 Å². The second-order valence-corrected chi connectivity index (χ2v) is 12.5. The summed E-state index contributed by atoms with van der Waals surface area (Å²) >= 11 is 0. The molecule has 2 aliphatic rings. The topological polar surface area (TPSA) is 127 Å². The molecule has 0 spiro atoms. The third kappa shape index (κ3) is 6.52. The number of sulfonamides is 1. The Balaban J connectivity index is 1.45. The number of rotatable bonds is 8. The van der Waals surface area contributed by atoms with Crippen LogP contribution in [0.15, 0.2) is 29.2 Å². The van der Waals surface area contributed by atoms with Gasteiger partial charge < -0.3 is 10.1 Å². The number of amides is 1. The van der Waals surface area contributed by atoms with Crippen LogP contribution < -0.4 is 5.32 Å². The summed E-state index contributed by atoms with van der Waals surface area (Å²) in [7, 11) is -6.60. The van der Waals surface area contributed by atoms with Gasteiger partial charge in [-0.2, -0.15) is 4.31 Å². The van der Waals surface area contributed by atoms with E-state index in [0.717, 1.165) is 24.8 Å². The molecule has 0 unspecified atom stereocenters. The average molecular weight is 487 g/mol. The fraction of sp³-hybridized carbons (Fsp3) is 0.619. The molecule has 11 heteroatoms. The molecule has 2 heterocycles. The molecule has 0 saturated carbocycles. The maximum atomic E-state index is 12.7. The highest BCUT2D eigenvalue weighted by molar-refractivity contribution is 7.91. The fourth-order valence-corrected chi connectivity index (χ4v) is 7.06. The molecular formula is C21H30N2O7S2. The van der Waals surface area contributed by atoms with Crippen LogP contribution in [-0.4, -0.2) is 69.8 Å². The third-order valence-corrected chi connectivity index (χ3v) is 9.43. The minimum Gasteiger partial charge on any atom is -0.453 e. The summed E-state index contributed by atoms with van der Waals surface area (Å²) in [6.45, 7) is 2.52. The number of piperidine rings is 1. The van der Waals surface area contributed by atoms with Gasteiger partial charge in [0.15, 0.2) is 15.9 Å². The predicted molar refractivity (Wildman–Crippen MR) is 118 cm³/mol. The zero-order valence-electron chi connectivity index (χ0n) is 18.2. The van der Waals surface area contributed by atoms with Crippen molar-refractivity contribution in [3.8, 4) is 0 Å². The van der Waals surface area contributed by atoms with Crippen LogP contribution in [0.4, 0.5) is 0 Å². The monoisotopic (exact) mass is 486 g/mol. The summed E-state index contributed by atoms with van der Waals surface area (Å²) in [6, 6.07) is 6.02. The molecule has 0 radical (unpaired) electrons. The van der Waals surface area contributed by atoms with Crippen molar-refractivity contribution >= 4 is 31.7 Å². The lowest BCUT2D eigenvalue weighted by atomic mass is 10.1. The molecule has 0 aliphatic carbocycles. The Morgan fingerprint density at radius 3 is 2.41 bits per heavy atom. The van der Waals surface area contributed by atoms with Crippen molar-refractivity contribution in [2.45, 2.75) is 62.5 Å². The van der Waals surface area contributed by atoms with E-state index in [1.807, 2.05) is 0 Å². The first-order chi connectivity index (χ1) is 15.1. The van der Waals surface area contributed by atoms with E-state index in [1.54, 1.807) is 24.3 Å². The van der Waals surface area contributed by atoms with Gasteiger partial charge in [0, 0.05) is 25.6 Å². The maximum absolute atomic E-state index is 12.7. The van der Waals surface area contributed by atoms with Crippen LogP contribution in [-0.2, 0) is 40.6 Å².